The molecule has 15 heteroatoms. The normalized spacial score (nSPS) is 12.3. The summed E-state index contributed by atoms with van der Waals surface area (Å²) in [5, 5.41) is 15.2. The smallest absolute Gasteiger partial charge is 0.408 e. The summed E-state index contributed by atoms with van der Waals surface area (Å²) in [5.74, 6) is -2.78. The van der Waals surface area contributed by atoms with Gasteiger partial charge in [0.1, 0.15) is 19.8 Å². The Hall–Kier alpha value is -4.78. The predicted octanol–water partition coefficient (Wildman–Crippen LogP) is 4.14. The van der Waals surface area contributed by atoms with Crippen LogP contribution in [0, 0.1) is 10.1 Å². The molecule has 0 aromatic heterocycles. The zero-order valence-electron chi connectivity index (χ0n) is 22.7. The van der Waals surface area contributed by atoms with Crippen LogP contribution in [0.2, 0.25) is 0 Å². The van der Waals surface area contributed by atoms with Crippen LogP contribution in [0.15, 0.2) is 84.9 Å². The fraction of sp³-hybridized carbons (Fsp3) is 0.250. The van der Waals surface area contributed by atoms with Crippen LogP contribution >= 0.6 is 7.60 Å². The highest BCUT2D eigenvalue weighted by molar-refractivity contribution is 7.52. The molecule has 14 nitrogen and oxygen atoms in total. The maximum atomic E-state index is 12.6. The summed E-state index contributed by atoms with van der Waals surface area (Å²) in [6.45, 7) is -0.559. The number of hydrogen-bond acceptors (Lipinski definition) is 9. The lowest BCUT2D eigenvalue weighted by Gasteiger charge is -2.28. The number of alkyl carbamates (subject to hydrolysis) is 2. The lowest BCUT2D eigenvalue weighted by atomic mass is 10.1. The summed E-state index contributed by atoms with van der Waals surface area (Å²) in [6, 6.07) is 21.0. The van der Waals surface area contributed by atoms with Crippen molar-refractivity contribution in [3.8, 4) is 0 Å². The highest BCUT2D eigenvalue weighted by Gasteiger charge is 2.39. The number of rotatable bonds is 14. The van der Waals surface area contributed by atoms with Crippen LogP contribution in [0.4, 0.5) is 15.3 Å². The van der Waals surface area contributed by atoms with Gasteiger partial charge in [-0.15, -0.1) is 0 Å². The van der Waals surface area contributed by atoms with Crippen molar-refractivity contribution in [3.63, 3.8) is 0 Å². The van der Waals surface area contributed by atoms with E-state index in [4.69, 9.17) is 14.2 Å². The van der Waals surface area contributed by atoms with E-state index in [1.165, 1.54) is 24.3 Å². The molecule has 0 radical (unpaired) electrons. The van der Waals surface area contributed by atoms with E-state index in [1.54, 1.807) is 60.7 Å². The third-order valence-corrected chi connectivity index (χ3v) is 7.16. The van der Waals surface area contributed by atoms with Gasteiger partial charge in [0, 0.05) is 18.6 Å². The quantitative estimate of drug-likeness (QED) is 0.0667. The summed E-state index contributed by atoms with van der Waals surface area (Å²) < 4.78 is 27.8. The Labute approximate surface area is 246 Å². The van der Waals surface area contributed by atoms with Crippen molar-refractivity contribution in [1.82, 2.24) is 10.6 Å². The van der Waals surface area contributed by atoms with Crippen LogP contribution in [0.5, 0.6) is 0 Å². The first-order chi connectivity index (χ1) is 20.5. The SMILES string of the molecule is O=C(CC[C@@H](NC(=O)OCc1ccccc1)C(NC(=O)OCc1ccccc1)P(=O)(O)O)OCc1ccc([N+](=O)[O-])cc1. The molecule has 3 aromatic carbocycles. The lowest BCUT2D eigenvalue weighted by Crippen LogP contribution is -2.51. The average molecular weight is 616 g/mol. The first-order valence-corrected chi connectivity index (χ1v) is 14.6. The number of esters is 1. The van der Waals surface area contributed by atoms with Crippen molar-refractivity contribution in [3.05, 3.63) is 112 Å². The predicted molar refractivity (Wildman–Crippen MR) is 151 cm³/mol. The molecule has 228 valence electrons. The standard InChI is InChI=1S/C28H30N3O11P/c32-25(40-17-22-11-13-23(14-12-22)31(35)36)16-15-24(29-27(33)41-18-20-7-3-1-4-8-20)26(43(37,38)39)30-28(34)42-19-21-9-5-2-6-10-21/h1-14,24,26H,15-19H2,(H,29,33)(H,30,34)(H2,37,38,39)/t24-,26?/m1/s1. The second-order valence-corrected chi connectivity index (χ2v) is 10.9. The van der Waals surface area contributed by atoms with Gasteiger partial charge in [-0.2, -0.15) is 0 Å². The Kier molecular flexibility index (Phi) is 12.2. The number of nitro benzene ring substituents is 1. The maximum Gasteiger partial charge on any atom is 0.408 e. The van der Waals surface area contributed by atoms with Crippen LogP contribution in [0.3, 0.4) is 0 Å². The zero-order valence-corrected chi connectivity index (χ0v) is 23.6. The Morgan fingerprint density at radius 2 is 1.21 bits per heavy atom. The van der Waals surface area contributed by atoms with Crippen molar-refractivity contribution in [2.45, 2.75) is 44.5 Å². The third-order valence-electron chi connectivity index (χ3n) is 5.94. The van der Waals surface area contributed by atoms with Gasteiger partial charge in [-0.1, -0.05) is 60.7 Å². The number of nitrogens with one attached hydrogen (secondary N) is 2. The Balaban J connectivity index is 1.66. The van der Waals surface area contributed by atoms with Crippen molar-refractivity contribution in [2.75, 3.05) is 0 Å². The van der Waals surface area contributed by atoms with E-state index in [2.05, 4.69) is 10.6 Å². The minimum absolute atomic E-state index is 0.138. The Morgan fingerprint density at radius 3 is 1.70 bits per heavy atom. The topological polar surface area (TPSA) is 204 Å². The average Bonchev–Trinajstić information content (AvgIpc) is 2.99. The highest BCUT2D eigenvalue weighted by Crippen LogP contribution is 2.42. The number of carbonyl (C=O) groups is 3. The summed E-state index contributed by atoms with van der Waals surface area (Å²) in [5.41, 5.74) is 1.61. The molecule has 2 amide bonds. The van der Waals surface area contributed by atoms with Gasteiger partial charge in [-0.3, -0.25) is 19.5 Å². The molecule has 0 aliphatic carbocycles. The van der Waals surface area contributed by atoms with Gasteiger partial charge in [-0.25, -0.2) is 9.59 Å². The molecule has 2 atom stereocenters. The summed E-state index contributed by atoms with van der Waals surface area (Å²) in [7, 11) is -5.14. The van der Waals surface area contributed by atoms with Crippen molar-refractivity contribution in [2.24, 2.45) is 0 Å². The highest BCUT2D eigenvalue weighted by atomic mass is 31.2. The Bertz CT molecular complexity index is 1420. The van der Waals surface area contributed by atoms with Crippen LogP contribution in [0.1, 0.15) is 29.5 Å². The van der Waals surface area contributed by atoms with Gasteiger partial charge in [0.05, 0.1) is 11.0 Å². The molecule has 0 bridgehead atoms. The van der Waals surface area contributed by atoms with Crippen LogP contribution in [0.25, 0.3) is 0 Å². The van der Waals surface area contributed by atoms with Crippen molar-refractivity contribution < 1.29 is 47.9 Å². The van der Waals surface area contributed by atoms with E-state index in [-0.39, 0.29) is 31.9 Å². The minimum Gasteiger partial charge on any atom is -0.461 e. The van der Waals surface area contributed by atoms with Gasteiger partial charge in [0.2, 0.25) is 0 Å². The van der Waals surface area contributed by atoms with Crippen LogP contribution in [-0.4, -0.2) is 44.7 Å². The molecule has 3 rings (SSSR count). The molecule has 0 aliphatic rings. The zero-order chi connectivity index (χ0) is 31.2. The number of amides is 2. The second kappa shape index (κ2) is 16.0. The summed E-state index contributed by atoms with van der Waals surface area (Å²) >= 11 is 0. The van der Waals surface area contributed by atoms with Gasteiger partial charge >= 0.3 is 25.8 Å². The van der Waals surface area contributed by atoms with Gasteiger partial charge in [-0.05, 0) is 35.2 Å². The molecule has 0 spiro atoms. The van der Waals surface area contributed by atoms with E-state index in [0.717, 1.165) is 0 Å². The fourth-order valence-electron chi connectivity index (χ4n) is 3.75. The molecular weight excluding hydrogens is 585 g/mol. The molecule has 4 N–H and O–H groups in total. The van der Waals surface area contributed by atoms with Crippen molar-refractivity contribution in [1.29, 1.82) is 0 Å². The molecule has 0 fully saturated rings. The van der Waals surface area contributed by atoms with E-state index in [1.807, 2.05) is 0 Å². The Morgan fingerprint density at radius 1 is 0.744 bits per heavy atom. The van der Waals surface area contributed by atoms with E-state index in [9.17, 15) is 38.8 Å². The van der Waals surface area contributed by atoms with Crippen LogP contribution in [-0.2, 0) is 43.4 Å². The summed E-state index contributed by atoms with van der Waals surface area (Å²) in [6.07, 6.45) is -3.00. The van der Waals surface area contributed by atoms with Crippen molar-refractivity contribution >= 4 is 31.4 Å². The number of carbonyl (C=O) groups excluding carboxylic acids is 3. The number of hydrogen-bond donors (Lipinski definition) is 4. The number of non-ortho nitro benzene ring substituents is 1. The van der Waals surface area contributed by atoms with Gasteiger partial charge in [0.15, 0.2) is 5.78 Å². The first kappa shape index (κ1) is 32.7. The largest absolute Gasteiger partial charge is 0.461 e. The molecular formula is C28H30N3O11P. The van der Waals surface area contributed by atoms with E-state index in [0.29, 0.717) is 16.7 Å². The first-order valence-electron chi connectivity index (χ1n) is 12.9. The van der Waals surface area contributed by atoms with E-state index >= 15 is 0 Å². The number of benzene rings is 3. The molecule has 3 aromatic rings. The van der Waals surface area contributed by atoms with Gasteiger partial charge in [0.25, 0.3) is 5.69 Å². The molecule has 0 aliphatic heterocycles. The maximum absolute atomic E-state index is 12.6. The molecule has 0 heterocycles. The lowest BCUT2D eigenvalue weighted by molar-refractivity contribution is -0.384. The van der Waals surface area contributed by atoms with Crippen LogP contribution < -0.4 is 10.6 Å². The second-order valence-electron chi connectivity index (χ2n) is 9.18. The molecule has 1 unspecified atom stereocenters. The number of ether oxygens (including phenoxy) is 3. The monoisotopic (exact) mass is 615 g/mol. The van der Waals surface area contributed by atoms with Gasteiger partial charge < -0.3 is 34.6 Å². The van der Waals surface area contributed by atoms with E-state index < -0.39 is 48.9 Å². The molecule has 0 saturated carbocycles. The molecule has 43 heavy (non-hydrogen) atoms. The third kappa shape index (κ3) is 11.6. The minimum atomic E-state index is -5.14. The fourth-order valence-corrected chi connectivity index (χ4v) is 4.72. The molecule has 0 saturated heterocycles. The number of nitro groups is 1. The summed E-state index contributed by atoms with van der Waals surface area (Å²) in [4.78, 5) is 67.9. The number of nitrogens with zero attached hydrogens (tertiary/aromatic N) is 1.